The van der Waals surface area contributed by atoms with Crippen LogP contribution < -0.4 is 5.32 Å². The van der Waals surface area contributed by atoms with Crippen LogP contribution >= 0.6 is 0 Å². The van der Waals surface area contributed by atoms with E-state index in [1.165, 1.54) is 5.32 Å². The van der Waals surface area contributed by atoms with Crippen LogP contribution in [0.4, 0.5) is 22.0 Å². The molecule has 0 spiro atoms. The maximum atomic E-state index is 12.5. The Morgan fingerprint density at radius 3 is 2.05 bits per heavy atom. The molecule has 1 amide bonds. The van der Waals surface area contributed by atoms with Crippen LogP contribution in [0.2, 0.25) is 0 Å². The van der Waals surface area contributed by atoms with Crippen molar-refractivity contribution in [3.63, 3.8) is 0 Å². The summed E-state index contributed by atoms with van der Waals surface area (Å²) in [6.45, 7) is -0.428. The Hall–Kier alpha value is -1.45. The molecule has 0 aliphatic rings. The molecule has 0 aliphatic heterocycles. The van der Waals surface area contributed by atoms with E-state index in [0.29, 0.717) is 0 Å². The Bertz CT molecular complexity index is 368. The van der Waals surface area contributed by atoms with E-state index in [2.05, 4.69) is 0 Å². The Balaban J connectivity index is 4.21. The minimum absolute atomic E-state index is 0.0147. The number of halogens is 5. The van der Waals surface area contributed by atoms with Gasteiger partial charge < -0.3 is 14.9 Å². The van der Waals surface area contributed by atoms with Gasteiger partial charge in [-0.05, 0) is 0 Å². The Morgan fingerprint density at radius 1 is 1.15 bits per heavy atom. The fourth-order valence-corrected chi connectivity index (χ4v) is 1.39. The lowest BCUT2D eigenvalue weighted by Crippen LogP contribution is -2.51. The summed E-state index contributed by atoms with van der Waals surface area (Å²) < 4.78 is 60.6. The maximum Gasteiger partial charge on any atom is 0.463 e. The monoisotopic (exact) mass is 307 g/mol. The Kier molecular flexibility index (Phi) is 5.87. The van der Waals surface area contributed by atoms with E-state index in [4.69, 9.17) is 5.11 Å². The van der Waals surface area contributed by atoms with Crippen LogP contribution in [0.3, 0.4) is 0 Å². The van der Waals surface area contributed by atoms with Crippen LogP contribution in [0.5, 0.6) is 0 Å². The summed E-state index contributed by atoms with van der Waals surface area (Å²) in [6, 6.07) is 0. The van der Waals surface area contributed by atoms with E-state index in [0.717, 1.165) is 0 Å². The summed E-state index contributed by atoms with van der Waals surface area (Å²) in [6.07, 6.45) is -5.87. The van der Waals surface area contributed by atoms with Crippen LogP contribution in [0.1, 0.15) is 6.42 Å². The lowest BCUT2D eigenvalue weighted by atomic mass is 10.3. The second-order valence-electron chi connectivity index (χ2n) is 4.89. The number of hydrogen-bond acceptors (Lipinski definition) is 2. The van der Waals surface area contributed by atoms with E-state index in [-0.39, 0.29) is 24.0 Å². The number of carboxylic acids is 1. The number of carbonyl (C=O) groups is 2. The first kappa shape index (κ1) is 18.6. The number of nitrogens with zero attached hydrogens (tertiary/aromatic N) is 1. The van der Waals surface area contributed by atoms with Gasteiger partial charge in [-0.1, -0.05) is 0 Å². The molecule has 0 saturated carbocycles. The molecule has 0 atom stereocenters. The highest BCUT2D eigenvalue weighted by Gasteiger charge is 2.63. The van der Waals surface area contributed by atoms with Crippen molar-refractivity contribution in [1.82, 2.24) is 5.32 Å². The molecule has 5 nitrogen and oxygen atoms in total. The lowest BCUT2D eigenvalue weighted by molar-refractivity contribution is -0.883. The molecular formula is C10H16F5N2O3+. The number of carbonyl (C=O) groups excluding carboxylic acids is 1. The number of likely N-dealkylation sites (N-methyl/N-ethyl adjacent to an activating group) is 1. The van der Waals surface area contributed by atoms with Crippen LogP contribution in [0.15, 0.2) is 0 Å². The van der Waals surface area contributed by atoms with Gasteiger partial charge in [-0.15, -0.1) is 0 Å². The topological polar surface area (TPSA) is 66.4 Å². The zero-order chi connectivity index (χ0) is 16.2. The normalized spacial score (nSPS) is 13.2. The molecule has 118 valence electrons. The van der Waals surface area contributed by atoms with E-state index < -0.39 is 30.5 Å². The highest BCUT2D eigenvalue weighted by molar-refractivity contribution is 5.84. The average molecular weight is 307 g/mol. The number of alkyl halides is 5. The third-order valence-electron chi connectivity index (χ3n) is 2.43. The van der Waals surface area contributed by atoms with Gasteiger partial charge in [0, 0.05) is 13.0 Å². The first-order valence-electron chi connectivity index (χ1n) is 5.56. The second kappa shape index (κ2) is 6.33. The number of rotatable bonds is 7. The van der Waals surface area contributed by atoms with Gasteiger partial charge >= 0.3 is 18.1 Å². The van der Waals surface area contributed by atoms with E-state index in [1.807, 2.05) is 0 Å². The number of quaternary nitrogens is 1. The predicted molar refractivity (Wildman–Crippen MR) is 58.1 cm³/mol. The quantitative estimate of drug-likeness (QED) is 0.416. The lowest BCUT2D eigenvalue weighted by Gasteiger charge is -2.27. The van der Waals surface area contributed by atoms with Gasteiger partial charge in [0.15, 0.2) is 6.54 Å². The van der Waals surface area contributed by atoms with Gasteiger partial charge in [0.2, 0.25) is 0 Å². The van der Waals surface area contributed by atoms with Crippen LogP contribution in [-0.4, -0.2) is 67.3 Å². The smallest absolute Gasteiger partial charge is 0.463 e. The van der Waals surface area contributed by atoms with Gasteiger partial charge in [-0.2, -0.15) is 22.0 Å². The molecule has 0 aromatic heterocycles. The van der Waals surface area contributed by atoms with Crippen molar-refractivity contribution in [3.8, 4) is 0 Å². The van der Waals surface area contributed by atoms with Gasteiger partial charge in [0.25, 0.3) is 5.91 Å². The summed E-state index contributed by atoms with van der Waals surface area (Å²) in [5.74, 6) is -8.91. The van der Waals surface area contributed by atoms with Gasteiger partial charge in [-0.25, -0.2) is 4.79 Å². The number of amides is 1. The molecule has 0 unspecified atom stereocenters. The SMILES string of the molecule is C[N+](C)(CCCNC(=O)C(F)(F)C(F)(F)F)CC(=O)O. The average Bonchev–Trinajstić information content (AvgIpc) is 2.20. The maximum absolute atomic E-state index is 12.5. The van der Waals surface area contributed by atoms with E-state index in [9.17, 15) is 31.5 Å². The predicted octanol–water partition coefficient (Wildman–Crippen LogP) is 0.851. The van der Waals surface area contributed by atoms with Crippen molar-refractivity contribution < 1.29 is 41.1 Å². The molecule has 0 aromatic rings. The van der Waals surface area contributed by atoms with Gasteiger partial charge in [0.1, 0.15) is 0 Å². The zero-order valence-electron chi connectivity index (χ0n) is 10.9. The minimum atomic E-state index is -5.93. The van der Waals surface area contributed by atoms with Crippen molar-refractivity contribution in [2.24, 2.45) is 0 Å². The molecular weight excluding hydrogens is 291 g/mol. The molecule has 0 aromatic carbocycles. The van der Waals surface area contributed by atoms with Crippen molar-refractivity contribution in [2.45, 2.75) is 18.5 Å². The van der Waals surface area contributed by atoms with Crippen molar-refractivity contribution in [2.75, 3.05) is 33.7 Å². The van der Waals surface area contributed by atoms with Gasteiger partial charge in [-0.3, -0.25) is 4.79 Å². The minimum Gasteiger partial charge on any atom is -0.477 e. The first-order valence-corrected chi connectivity index (χ1v) is 5.56. The summed E-state index contributed by atoms with van der Waals surface area (Å²) in [7, 11) is 3.11. The molecule has 2 N–H and O–H groups in total. The fraction of sp³-hybridized carbons (Fsp3) is 0.800. The highest BCUT2D eigenvalue weighted by Crippen LogP contribution is 2.35. The van der Waals surface area contributed by atoms with Gasteiger partial charge in [0.05, 0.1) is 20.6 Å². The molecule has 0 bridgehead atoms. The summed E-state index contributed by atoms with van der Waals surface area (Å²) in [4.78, 5) is 21.2. The number of hydrogen-bond donors (Lipinski definition) is 2. The molecule has 0 heterocycles. The molecule has 0 aliphatic carbocycles. The second-order valence-corrected chi connectivity index (χ2v) is 4.89. The third-order valence-corrected chi connectivity index (χ3v) is 2.43. The molecule has 0 saturated heterocycles. The van der Waals surface area contributed by atoms with E-state index >= 15 is 0 Å². The van der Waals surface area contributed by atoms with Crippen LogP contribution in [0.25, 0.3) is 0 Å². The van der Waals surface area contributed by atoms with Crippen LogP contribution in [0, 0.1) is 0 Å². The number of aliphatic carboxylic acids is 1. The molecule has 10 heteroatoms. The molecule has 0 radical (unpaired) electrons. The van der Waals surface area contributed by atoms with Crippen molar-refractivity contribution in [1.29, 1.82) is 0 Å². The highest BCUT2D eigenvalue weighted by atomic mass is 19.4. The summed E-state index contributed by atoms with van der Waals surface area (Å²) in [5.41, 5.74) is 0. The summed E-state index contributed by atoms with van der Waals surface area (Å²) in [5, 5.41) is 10.1. The molecule has 0 fully saturated rings. The van der Waals surface area contributed by atoms with E-state index in [1.54, 1.807) is 14.1 Å². The summed E-state index contributed by atoms with van der Waals surface area (Å²) >= 11 is 0. The van der Waals surface area contributed by atoms with Crippen LogP contribution in [-0.2, 0) is 9.59 Å². The zero-order valence-corrected chi connectivity index (χ0v) is 10.9. The molecule has 20 heavy (non-hydrogen) atoms. The molecule has 0 rings (SSSR count). The number of nitrogens with one attached hydrogen (secondary N) is 1. The number of carboxylic acid groups (broad SMARTS) is 1. The fourth-order valence-electron chi connectivity index (χ4n) is 1.39. The first-order chi connectivity index (χ1) is 8.79. The van der Waals surface area contributed by atoms with Crippen molar-refractivity contribution >= 4 is 11.9 Å². The van der Waals surface area contributed by atoms with Crippen molar-refractivity contribution in [3.05, 3.63) is 0 Å². The Labute approximate surface area is 111 Å². The largest absolute Gasteiger partial charge is 0.477 e. The standard InChI is InChI=1S/C10H15F5N2O3/c1-17(2,6-7(18)19)5-3-4-16-8(20)9(11,12)10(13,14)15/h3-6H2,1-2H3,(H-,16,18,19,20)/p+1. The Morgan fingerprint density at radius 2 is 1.65 bits per heavy atom. The third kappa shape index (κ3) is 5.68.